The number of sulfonamides is 1. The molecule has 4 rings (SSSR count). The average Bonchev–Trinajstić information content (AvgIpc) is 2.82. The smallest absolute Gasteiger partial charge is 0.240 e. The highest BCUT2D eigenvalue weighted by atomic mass is 32.2. The van der Waals surface area contributed by atoms with E-state index in [0.29, 0.717) is 52.2 Å². The average molecular weight is 446 g/mol. The predicted molar refractivity (Wildman–Crippen MR) is 115 cm³/mol. The number of amides is 1. The molecule has 2 aliphatic heterocycles. The van der Waals surface area contributed by atoms with Gasteiger partial charge in [0, 0.05) is 50.8 Å². The van der Waals surface area contributed by atoms with Crippen molar-refractivity contribution < 1.29 is 17.9 Å². The first-order chi connectivity index (χ1) is 15.0. The first-order valence-corrected chi connectivity index (χ1v) is 11.9. The van der Waals surface area contributed by atoms with Crippen molar-refractivity contribution in [3.8, 4) is 0 Å². The van der Waals surface area contributed by atoms with Crippen molar-refractivity contribution >= 4 is 21.9 Å². The van der Waals surface area contributed by atoms with Gasteiger partial charge in [0.2, 0.25) is 21.9 Å². The molecule has 0 spiro atoms. The van der Waals surface area contributed by atoms with Crippen LogP contribution in [0.2, 0.25) is 0 Å². The summed E-state index contributed by atoms with van der Waals surface area (Å²) in [6.45, 7) is 3.96. The molecule has 1 amide bonds. The molecule has 0 aliphatic carbocycles. The molecule has 1 aromatic heterocycles. The summed E-state index contributed by atoms with van der Waals surface area (Å²) in [5.41, 5.74) is 3.05. The van der Waals surface area contributed by atoms with Gasteiger partial charge in [-0.2, -0.15) is 0 Å². The molecule has 10 heteroatoms. The second-order valence-corrected chi connectivity index (χ2v) is 9.55. The first kappa shape index (κ1) is 21.7. The molecule has 1 saturated heterocycles. The van der Waals surface area contributed by atoms with Crippen molar-refractivity contribution in [2.24, 2.45) is 0 Å². The van der Waals surface area contributed by atoms with Gasteiger partial charge in [0.05, 0.1) is 23.8 Å². The van der Waals surface area contributed by atoms with Crippen LogP contribution in [0.25, 0.3) is 0 Å². The van der Waals surface area contributed by atoms with Gasteiger partial charge < -0.3 is 14.5 Å². The third-order valence-corrected chi connectivity index (χ3v) is 7.16. The lowest BCUT2D eigenvalue weighted by molar-refractivity contribution is -0.131. The van der Waals surface area contributed by atoms with Crippen LogP contribution in [0.15, 0.2) is 35.4 Å². The van der Waals surface area contributed by atoms with E-state index in [-0.39, 0.29) is 10.8 Å². The summed E-state index contributed by atoms with van der Waals surface area (Å²) in [5.74, 6) is 0.833. The van der Waals surface area contributed by atoms with Crippen LogP contribution in [-0.2, 0) is 39.0 Å². The van der Waals surface area contributed by atoms with E-state index in [2.05, 4.69) is 14.6 Å². The topological polar surface area (TPSA) is 105 Å². The summed E-state index contributed by atoms with van der Waals surface area (Å²) < 4.78 is 31.3. The zero-order valence-electron chi connectivity index (χ0n) is 17.6. The number of hydrogen-bond donors (Lipinski definition) is 1. The van der Waals surface area contributed by atoms with Crippen molar-refractivity contribution in [2.45, 2.75) is 30.8 Å². The largest absolute Gasteiger partial charge is 0.376 e. The normalized spacial score (nSPS) is 16.8. The maximum Gasteiger partial charge on any atom is 0.240 e. The van der Waals surface area contributed by atoms with E-state index in [1.54, 1.807) is 24.3 Å². The third kappa shape index (κ3) is 5.03. The lowest BCUT2D eigenvalue weighted by Gasteiger charge is -2.35. The number of nitrogens with zero attached hydrogens (tertiary/aromatic N) is 4. The molecule has 0 saturated carbocycles. The SMILES string of the molecule is CNS(=O)(=O)c1ccc(CCC(=O)N2CCN(c3ncc4c(n3)CCOC4)CC2)cc1. The van der Waals surface area contributed by atoms with Crippen LogP contribution in [0.1, 0.15) is 23.2 Å². The maximum atomic E-state index is 12.6. The number of hydrogen-bond acceptors (Lipinski definition) is 7. The Balaban J connectivity index is 1.28. The summed E-state index contributed by atoms with van der Waals surface area (Å²) in [4.78, 5) is 26.0. The predicted octanol–water partition coefficient (Wildman–Crippen LogP) is 0.739. The van der Waals surface area contributed by atoms with Crippen molar-refractivity contribution in [1.82, 2.24) is 19.6 Å². The molecule has 0 radical (unpaired) electrons. The summed E-state index contributed by atoms with van der Waals surface area (Å²) in [6.07, 6.45) is 3.63. The van der Waals surface area contributed by atoms with Crippen molar-refractivity contribution in [3.05, 3.63) is 47.3 Å². The molecule has 0 unspecified atom stereocenters. The monoisotopic (exact) mass is 445 g/mol. The number of aryl methyl sites for hydroxylation is 1. The molecule has 3 heterocycles. The number of anilines is 1. The van der Waals surface area contributed by atoms with Crippen LogP contribution in [0.4, 0.5) is 5.95 Å². The minimum atomic E-state index is -3.44. The molecule has 2 aromatic rings. The van der Waals surface area contributed by atoms with E-state index in [4.69, 9.17) is 9.72 Å². The van der Waals surface area contributed by atoms with Gasteiger partial charge in [-0.3, -0.25) is 4.79 Å². The molecule has 166 valence electrons. The van der Waals surface area contributed by atoms with Crippen LogP contribution >= 0.6 is 0 Å². The van der Waals surface area contributed by atoms with E-state index in [9.17, 15) is 13.2 Å². The van der Waals surface area contributed by atoms with Gasteiger partial charge in [0.15, 0.2) is 0 Å². The van der Waals surface area contributed by atoms with Gasteiger partial charge >= 0.3 is 0 Å². The number of nitrogens with one attached hydrogen (secondary N) is 1. The van der Waals surface area contributed by atoms with Crippen molar-refractivity contribution in [1.29, 1.82) is 0 Å². The Morgan fingerprint density at radius 3 is 2.61 bits per heavy atom. The van der Waals surface area contributed by atoms with Crippen LogP contribution in [0.3, 0.4) is 0 Å². The summed E-state index contributed by atoms with van der Waals surface area (Å²) in [5, 5.41) is 0. The van der Waals surface area contributed by atoms with E-state index in [1.807, 2.05) is 11.1 Å². The van der Waals surface area contributed by atoms with E-state index in [1.165, 1.54) is 7.05 Å². The molecule has 31 heavy (non-hydrogen) atoms. The molecule has 1 aromatic carbocycles. The molecule has 2 aliphatic rings. The minimum absolute atomic E-state index is 0.107. The Hall–Kier alpha value is -2.56. The molecule has 9 nitrogen and oxygen atoms in total. The molecular formula is C21H27N5O4S. The number of carbonyl (C=O) groups is 1. The van der Waals surface area contributed by atoms with Gasteiger partial charge in [0.1, 0.15) is 0 Å². The molecule has 1 N–H and O–H groups in total. The Bertz CT molecular complexity index is 1030. The molecule has 1 fully saturated rings. The number of ether oxygens (including phenoxy) is 1. The third-order valence-electron chi connectivity index (χ3n) is 5.73. The van der Waals surface area contributed by atoms with Gasteiger partial charge in [0.25, 0.3) is 0 Å². The fourth-order valence-corrected chi connectivity index (χ4v) is 4.52. The highest BCUT2D eigenvalue weighted by molar-refractivity contribution is 7.89. The molecule has 0 bridgehead atoms. The van der Waals surface area contributed by atoms with E-state index >= 15 is 0 Å². The Morgan fingerprint density at radius 2 is 1.90 bits per heavy atom. The van der Waals surface area contributed by atoms with E-state index < -0.39 is 10.0 Å². The number of fused-ring (bicyclic) bond motifs is 1. The summed E-state index contributed by atoms with van der Waals surface area (Å²) in [7, 11) is -2.06. The van der Waals surface area contributed by atoms with Crippen LogP contribution in [0.5, 0.6) is 0 Å². The molecule has 0 atom stereocenters. The maximum absolute atomic E-state index is 12.6. The fourth-order valence-electron chi connectivity index (χ4n) is 3.79. The number of carbonyl (C=O) groups excluding carboxylic acids is 1. The number of aromatic nitrogens is 2. The van der Waals surface area contributed by atoms with Gasteiger partial charge in [-0.15, -0.1) is 0 Å². The lowest BCUT2D eigenvalue weighted by Crippen LogP contribution is -2.49. The summed E-state index contributed by atoms with van der Waals surface area (Å²) in [6, 6.07) is 6.64. The first-order valence-electron chi connectivity index (χ1n) is 10.4. The van der Waals surface area contributed by atoms with E-state index in [0.717, 1.165) is 29.2 Å². The Labute approximate surface area is 182 Å². The van der Waals surface area contributed by atoms with Gasteiger partial charge in [-0.05, 0) is 31.2 Å². The van der Waals surface area contributed by atoms with Gasteiger partial charge in [-0.25, -0.2) is 23.1 Å². The fraction of sp³-hybridized carbons (Fsp3) is 0.476. The second kappa shape index (κ2) is 9.29. The van der Waals surface area contributed by atoms with Gasteiger partial charge in [-0.1, -0.05) is 12.1 Å². The van der Waals surface area contributed by atoms with Crippen molar-refractivity contribution in [3.63, 3.8) is 0 Å². The number of rotatable bonds is 6. The lowest BCUT2D eigenvalue weighted by atomic mass is 10.1. The Kier molecular flexibility index (Phi) is 6.49. The standard InChI is InChI=1S/C21H27N5O4S/c1-22-31(28,29)18-5-2-16(3-6-18)4-7-20(27)25-9-11-26(12-10-25)21-23-14-17-15-30-13-8-19(17)24-21/h2-3,5-6,14,22H,4,7-13,15H2,1H3. The zero-order chi connectivity index (χ0) is 21.8. The van der Waals surface area contributed by atoms with Crippen molar-refractivity contribution in [2.75, 3.05) is 44.7 Å². The highest BCUT2D eigenvalue weighted by Gasteiger charge is 2.23. The van der Waals surface area contributed by atoms with Crippen LogP contribution in [0, 0.1) is 0 Å². The minimum Gasteiger partial charge on any atom is -0.376 e. The summed E-state index contributed by atoms with van der Waals surface area (Å²) >= 11 is 0. The number of benzene rings is 1. The second-order valence-electron chi connectivity index (χ2n) is 7.66. The quantitative estimate of drug-likeness (QED) is 0.699. The highest BCUT2D eigenvalue weighted by Crippen LogP contribution is 2.19. The zero-order valence-corrected chi connectivity index (χ0v) is 18.4. The number of piperazine rings is 1. The Morgan fingerprint density at radius 1 is 1.16 bits per heavy atom. The van der Waals surface area contributed by atoms with Crippen LogP contribution < -0.4 is 9.62 Å². The molecular weight excluding hydrogens is 418 g/mol. The van der Waals surface area contributed by atoms with Crippen LogP contribution in [-0.4, -0.2) is 69.0 Å².